The Balaban J connectivity index is 0.996. The summed E-state index contributed by atoms with van der Waals surface area (Å²) in [6.45, 7) is 3.20. The van der Waals surface area contributed by atoms with Crippen LogP contribution in [0.4, 0.5) is 11.4 Å². The summed E-state index contributed by atoms with van der Waals surface area (Å²) in [7, 11) is 0. The maximum atomic E-state index is 13.0. The Labute approximate surface area is 238 Å². The maximum absolute atomic E-state index is 13.0. The lowest BCUT2D eigenvalue weighted by molar-refractivity contribution is -0.137. The molecule has 0 saturated carbocycles. The van der Waals surface area contributed by atoms with Crippen molar-refractivity contribution in [2.75, 3.05) is 18.0 Å². The normalized spacial score (nSPS) is 21.3. The van der Waals surface area contributed by atoms with E-state index in [9.17, 15) is 19.2 Å². The van der Waals surface area contributed by atoms with E-state index in [1.165, 1.54) is 11.1 Å². The first kappa shape index (κ1) is 25.7. The second-order valence-electron chi connectivity index (χ2n) is 11.6. The van der Waals surface area contributed by atoms with Crippen molar-refractivity contribution < 1.29 is 19.2 Å². The fourth-order valence-electron chi connectivity index (χ4n) is 6.83. The average molecular weight is 549 g/mol. The van der Waals surface area contributed by atoms with Crippen LogP contribution in [-0.2, 0) is 33.9 Å². The van der Waals surface area contributed by atoms with Gasteiger partial charge in [0.1, 0.15) is 6.04 Å². The number of benzene rings is 3. The Morgan fingerprint density at radius 1 is 0.829 bits per heavy atom. The highest BCUT2D eigenvalue weighted by molar-refractivity contribution is 6.07. The van der Waals surface area contributed by atoms with E-state index in [-0.39, 0.29) is 30.0 Å². The molecule has 41 heavy (non-hydrogen) atoms. The van der Waals surface area contributed by atoms with Crippen molar-refractivity contribution in [3.8, 4) is 0 Å². The van der Waals surface area contributed by atoms with E-state index in [0.29, 0.717) is 30.9 Å². The van der Waals surface area contributed by atoms with Crippen molar-refractivity contribution in [1.29, 1.82) is 0 Å². The number of amides is 4. The molecule has 0 spiro atoms. The molecule has 208 valence electrons. The van der Waals surface area contributed by atoms with Crippen molar-refractivity contribution in [3.05, 3.63) is 94.5 Å². The van der Waals surface area contributed by atoms with Crippen molar-refractivity contribution in [2.45, 2.75) is 57.2 Å². The summed E-state index contributed by atoms with van der Waals surface area (Å²) in [4.78, 5) is 55.7. The maximum Gasteiger partial charge on any atom is 0.255 e. The summed E-state index contributed by atoms with van der Waals surface area (Å²) in [5.74, 6) is -0.247. The average Bonchev–Trinajstić information content (AvgIpc) is 3.48. The smallest absolute Gasteiger partial charge is 0.255 e. The summed E-state index contributed by atoms with van der Waals surface area (Å²) >= 11 is 0. The minimum Gasteiger partial charge on any atom is -0.322 e. The van der Waals surface area contributed by atoms with E-state index < -0.39 is 6.04 Å². The van der Waals surface area contributed by atoms with Crippen molar-refractivity contribution in [3.63, 3.8) is 0 Å². The monoisotopic (exact) mass is 548 g/mol. The van der Waals surface area contributed by atoms with Gasteiger partial charge < -0.3 is 4.90 Å². The number of carbonyl (C=O) groups excluding carboxylic acids is 4. The molecular formula is C33H32N4O4. The molecule has 1 unspecified atom stereocenters. The summed E-state index contributed by atoms with van der Waals surface area (Å²) in [6.07, 6.45) is 3.13. The first-order valence-corrected chi connectivity index (χ1v) is 14.4. The number of imide groups is 1. The van der Waals surface area contributed by atoms with E-state index >= 15 is 0 Å². The van der Waals surface area contributed by atoms with Gasteiger partial charge in [0.05, 0.1) is 12.1 Å². The number of fused-ring (bicyclic) bond motifs is 2. The lowest BCUT2D eigenvalue weighted by Gasteiger charge is -2.32. The molecule has 0 aliphatic carbocycles. The molecule has 0 bridgehead atoms. The number of para-hydroxylation sites is 1. The third-order valence-electron chi connectivity index (χ3n) is 9.01. The van der Waals surface area contributed by atoms with Crippen LogP contribution in [0.2, 0.25) is 0 Å². The van der Waals surface area contributed by atoms with Crippen LogP contribution >= 0.6 is 0 Å². The van der Waals surface area contributed by atoms with E-state index in [1.54, 1.807) is 4.90 Å². The van der Waals surface area contributed by atoms with E-state index in [2.05, 4.69) is 40.5 Å². The van der Waals surface area contributed by atoms with Crippen LogP contribution in [0, 0.1) is 0 Å². The number of rotatable bonds is 5. The fraction of sp³-hybridized carbons (Fsp3) is 0.333. The molecular weight excluding hydrogens is 516 g/mol. The van der Waals surface area contributed by atoms with Crippen molar-refractivity contribution in [1.82, 2.24) is 15.1 Å². The number of anilines is 2. The van der Waals surface area contributed by atoms with Gasteiger partial charge in [0.2, 0.25) is 17.7 Å². The quantitative estimate of drug-likeness (QED) is 0.486. The first-order chi connectivity index (χ1) is 19.9. The summed E-state index contributed by atoms with van der Waals surface area (Å²) in [6, 6.07) is 21.8. The van der Waals surface area contributed by atoms with Crippen LogP contribution in [0.15, 0.2) is 66.7 Å². The summed E-state index contributed by atoms with van der Waals surface area (Å²) in [5.41, 5.74) is 7.06. The van der Waals surface area contributed by atoms with Gasteiger partial charge in [0.25, 0.3) is 5.91 Å². The zero-order chi connectivity index (χ0) is 28.1. The third kappa shape index (κ3) is 4.72. The Bertz CT molecular complexity index is 1560. The minimum absolute atomic E-state index is 0.112. The highest BCUT2D eigenvalue weighted by atomic mass is 16.2. The Morgan fingerprint density at radius 3 is 2.41 bits per heavy atom. The predicted molar refractivity (Wildman–Crippen MR) is 153 cm³/mol. The van der Waals surface area contributed by atoms with E-state index in [1.807, 2.05) is 41.3 Å². The molecule has 3 aromatic carbocycles. The molecule has 7 rings (SSSR count). The van der Waals surface area contributed by atoms with Crippen LogP contribution in [-0.4, -0.2) is 52.6 Å². The standard InChI is InChI=1S/C33H32N4O4/c38-30-11-10-28(32(40)34-30)36-20-25-17-23(8-9-27(25)33(36)41)22-12-14-35(15-13-22)19-21-6-7-24-18-31(39)37(29(24)16-21)26-4-2-1-3-5-26/h1-9,16-17,22,28H,10-15,18-20H2,(H,34,38,40). The fourth-order valence-corrected chi connectivity index (χ4v) is 6.83. The number of hydrogen-bond donors (Lipinski definition) is 1. The zero-order valence-electron chi connectivity index (χ0n) is 22.8. The van der Waals surface area contributed by atoms with Crippen LogP contribution in [0.25, 0.3) is 0 Å². The molecule has 3 aromatic rings. The topological polar surface area (TPSA) is 90.0 Å². The third-order valence-corrected chi connectivity index (χ3v) is 9.01. The van der Waals surface area contributed by atoms with E-state index in [0.717, 1.165) is 55.0 Å². The van der Waals surface area contributed by atoms with Crippen molar-refractivity contribution >= 4 is 35.0 Å². The van der Waals surface area contributed by atoms with Gasteiger partial charge in [-0.25, -0.2) is 0 Å². The molecule has 0 radical (unpaired) electrons. The number of likely N-dealkylation sites (tertiary alicyclic amines) is 1. The number of piperidine rings is 2. The Hall–Kier alpha value is -4.30. The number of hydrogen-bond acceptors (Lipinski definition) is 5. The number of nitrogens with zero attached hydrogens (tertiary/aromatic N) is 3. The lowest BCUT2D eigenvalue weighted by atomic mass is 9.87. The number of carbonyl (C=O) groups is 4. The van der Waals surface area contributed by atoms with Crippen LogP contribution in [0.1, 0.15) is 64.2 Å². The molecule has 2 fully saturated rings. The SMILES string of the molecule is O=C1CCC(N2Cc3cc(C4CCN(Cc5ccc6c(c5)N(c5ccccc5)C(=O)C6)CC4)ccc3C2=O)C(=O)N1. The van der Waals surface area contributed by atoms with Gasteiger partial charge in [-0.2, -0.15) is 0 Å². The molecule has 4 aliphatic heterocycles. The second-order valence-corrected chi connectivity index (χ2v) is 11.6. The minimum atomic E-state index is -0.587. The molecule has 1 atom stereocenters. The van der Waals surface area contributed by atoms with Gasteiger partial charge in [-0.15, -0.1) is 0 Å². The van der Waals surface area contributed by atoms with Crippen LogP contribution in [0.5, 0.6) is 0 Å². The van der Waals surface area contributed by atoms with Crippen LogP contribution in [0.3, 0.4) is 0 Å². The highest BCUT2D eigenvalue weighted by Crippen LogP contribution is 2.37. The van der Waals surface area contributed by atoms with Gasteiger partial charge >= 0.3 is 0 Å². The zero-order valence-corrected chi connectivity index (χ0v) is 22.8. The summed E-state index contributed by atoms with van der Waals surface area (Å²) in [5, 5.41) is 2.37. The van der Waals surface area contributed by atoms with Crippen molar-refractivity contribution in [2.24, 2.45) is 0 Å². The Morgan fingerprint density at radius 2 is 1.63 bits per heavy atom. The van der Waals surface area contributed by atoms with Gasteiger partial charge in [0.15, 0.2) is 0 Å². The molecule has 4 heterocycles. The molecule has 1 N–H and O–H groups in total. The predicted octanol–water partition coefficient (Wildman–Crippen LogP) is 4.05. The van der Waals surface area contributed by atoms with Gasteiger partial charge in [-0.1, -0.05) is 42.5 Å². The molecule has 0 aromatic heterocycles. The van der Waals surface area contributed by atoms with E-state index in [4.69, 9.17) is 0 Å². The highest BCUT2D eigenvalue weighted by Gasteiger charge is 2.39. The molecule has 8 heteroatoms. The van der Waals surface area contributed by atoms with Gasteiger partial charge in [-0.3, -0.25) is 34.3 Å². The van der Waals surface area contributed by atoms with Gasteiger partial charge in [0, 0.05) is 30.8 Å². The van der Waals surface area contributed by atoms with Crippen LogP contribution < -0.4 is 10.2 Å². The second kappa shape index (κ2) is 10.3. The molecule has 2 saturated heterocycles. The lowest BCUT2D eigenvalue weighted by Crippen LogP contribution is -2.52. The molecule has 4 amide bonds. The number of nitrogens with one attached hydrogen (secondary N) is 1. The first-order valence-electron chi connectivity index (χ1n) is 14.4. The molecule has 4 aliphatic rings. The molecule has 8 nitrogen and oxygen atoms in total. The Kier molecular flexibility index (Phi) is 6.43. The summed E-state index contributed by atoms with van der Waals surface area (Å²) < 4.78 is 0. The van der Waals surface area contributed by atoms with Gasteiger partial charge in [-0.05, 0) is 84.8 Å². The largest absolute Gasteiger partial charge is 0.322 e.